The Morgan fingerprint density at radius 2 is 1.95 bits per heavy atom. The van der Waals surface area contributed by atoms with Crippen LogP contribution >= 0.6 is 0 Å². The van der Waals surface area contributed by atoms with Crippen LogP contribution in [0.2, 0.25) is 0 Å². The molecule has 37 heavy (non-hydrogen) atoms. The molecule has 4 rings (SSSR count). The average molecular weight is 530 g/mol. The van der Waals surface area contributed by atoms with Crippen molar-refractivity contribution in [2.75, 3.05) is 13.1 Å². The van der Waals surface area contributed by atoms with Crippen molar-refractivity contribution in [3.05, 3.63) is 71.4 Å². The highest BCUT2D eigenvalue weighted by Gasteiger charge is 2.22. The predicted molar refractivity (Wildman–Crippen MR) is 139 cm³/mol. The molecule has 0 saturated carbocycles. The molecular formula is C26H32FN5O4S. The first kappa shape index (κ1) is 26.9. The zero-order valence-corrected chi connectivity index (χ0v) is 21.7. The number of hydrogen-bond donors (Lipinski definition) is 3. The number of nitrogens with zero attached hydrogens (tertiary/aromatic N) is 3. The number of rotatable bonds is 9. The van der Waals surface area contributed by atoms with Crippen molar-refractivity contribution in [1.29, 1.82) is 0 Å². The van der Waals surface area contributed by atoms with Crippen LogP contribution in [-0.2, 0) is 29.7 Å². The fourth-order valence-corrected chi connectivity index (χ4v) is 4.83. The van der Waals surface area contributed by atoms with E-state index in [-0.39, 0.29) is 17.3 Å². The SMILES string of the molecule is C[C@H]1CN(Cc2ccc(F)c(-c3ccnc(CCCc4ccc(O)c(OS(N)(=O)=O)c4)n3)c2)[C@@H](C)CN1. The Labute approximate surface area is 216 Å². The second-order valence-electron chi connectivity index (χ2n) is 9.49. The van der Waals surface area contributed by atoms with Crippen LogP contribution in [0.25, 0.3) is 11.3 Å². The van der Waals surface area contributed by atoms with Crippen molar-refractivity contribution in [1.82, 2.24) is 20.2 Å². The molecule has 2 heterocycles. The maximum atomic E-state index is 14.8. The molecule has 0 aliphatic carbocycles. The normalized spacial score (nSPS) is 18.6. The van der Waals surface area contributed by atoms with Gasteiger partial charge in [0.15, 0.2) is 11.5 Å². The van der Waals surface area contributed by atoms with Crippen molar-refractivity contribution in [2.24, 2.45) is 5.14 Å². The van der Waals surface area contributed by atoms with Crippen molar-refractivity contribution < 1.29 is 22.1 Å². The van der Waals surface area contributed by atoms with Gasteiger partial charge < -0.3 is 14.6 Å². The topological polar surface area (TPSA) is 131 Å². The quantitative estimate of drug-likeness (QED) is 0.386. The fraction of sp³-hybridized carbons (Fsp3) is 0.385. The summed E-state index contributed by atoms with van der Waals surface area (Å²) in [5.41, 5.74) is 2.75. The number of nitrogens with one attached hydrogen (secondary N) is 1. The van der Waals surface area contributed by atoms with Crippen LogP contribution in [0.15, 0.2) is 48.7 Å². The molecule has 198 valence electrons. The van der Waals surface area contributed by atoms with Crippen LogP contribution in [-0.4, -0.2) is 53.6 Å². The zero-order valence-electron chi connectivity index (χ0n) is 20.9. The van der Waals surface area contributed by atoms with Crippen LogP contribution in [0.3, 0.4) is 0 Å². The van der Waals surface area contributed by atoms with E-state index in [9.17, 15) is 17.9 Å². The molecule has 1 aliphatic heterocycles. The van der Waals surface area contributed by atoms with Gasteiger partial charge in [0.1, 0.15) is 11.6 Å². The third-order valence-electron chi connectivity index (χ3n) is 6.39. The molecule has 2 aromatic carbocycles. The minimum Gasteiger partial charge on any atom is -0.504 e. The fourth-order valence-electron chi connectivity index (χ4n) is 4.45. The Hall–Kier alpha value is -3.12. The summed E-state index contributed by atoms with van der Waals surface area (Å²) in [7, 11) is -4.25. The largest absolute Gasteiger partial charge is 0.504 e. The highest BCUT2D eigenvalue weighted by Crippen LogP contribution is 2.28. The van der Waals surface area contributed by atoms with Gasteiger partial charge in [-0.05, 0) is 68.1 Å². The van der Waals surface area contributed by atoms with E-state index in [0.29, 0.717) is 48.4 Å². The lowest BCUT2D eigenvalue weighted by molar-refractivity contribution is 0.139. The number of hydrogen-bond acceptors (Lipinski definition) is 8. The van der Waals surface area contributed by atoms with Gasteiger partial charge in [-0.2, -0.15) is 13.6 Å². The van der Waals surface area contributed by atoms with Crippen molar-refractivity contribution in [3.8, 4) is 22.8 Å². The Balaban J connectivity index is 1.43. The molecule has 0 amide bonds. The average Bonchev–Trinajstić information content (AvgIpc) is 2.84. The van der Waals surface area contributed by atoms with E-state index >= 15 is 0 Å². The number of benzene rings is 2. The van der Waals surface area contributed by atoms with E-state index in [1.807, 2.05) is 12.1 Å². The molecule has 1 saturated heterocycles. The minimum absolute atomic E-state index is 0.224. The molecule has 0 unspecified atom stereocenters. The van der Waals surface area contributed by atoms with E-state index in [4.69, 9.17) is 5.14 Å². The van der Waals surface area contributed by atoms with Crippen molar-refractivity contribution in [2.45, 2.75) is 51.7 Å². The molecule has 3 aromatic rings. The predicted octanol–water partition coefficient (Wildman–Crippen LogP) is 2.93. The molecule has 4 N–H and O–H groups in total. The highest BCUT2D eigenvalue weighted by molar-refractivity contribution is 7.84. The molecular weight excluding hydrogens is 497 g/mol. The van der Waals surface area contributed by atoms with Gasteiger partial charge in [-0.25, -0.2) is 14.4 Å². The Bertz CT molecular complexity index is 1350. The maximum absolute atomic E-state index is 14.8. The number of aromatic nitrogens is 2. The summed E-state index contributed by atoms with van der Waals surface area (Å²) >= 11 is 0. The van der Waals surface area contributed by atoms with Gasteiger partial charge >= 0.3 is 10.3 Å². The summed E-state index contributed by atoms with van der Waals surface area (Å²) in [4.78, 5) is 11.3. The number of phenolic OH excluding ortho intramolecular Hbond substituents is 1. The van der Waals surface area contributed by atoms with E-state index in [1.54, 1.807) is 18.3 Å². The number of aromatic hydroxyl groups is 1. The highest BCUT2D eigenvalue weighted by atomic mass is 32.2. The number of aryl methyl sites for hydroxylation is 2. The molecule has 11 heteroatoms. The molecule has 0 bridgehead atoms. The van der Waals surface area contributed by atoms with E-state index in [2.05, 4.69) is 38.2 Å². The molecule has 2 atom stereocenters. The van der Waals surface area contributed by atoms with E-state index in [0.717, 1.165) is 30.8 Å². The zero-order chi connectivity index (χ0) is 26.6. The summed E-state index contributed by atoms with van der Waals surface area (Å²) in [6.07, 6.45) is 3.35. The summed E-state index contributed by atoms with van der Waals surface area (Å²) < 4.78 is 41.8. The second kappa shape index (κ2) is 11.5. The second-order valence-corrected chi connectivity index (χ2v) is 10.6. The monoisotopic (exact) mass is 529 g/mol. The minimum atomic E-state index is -4.25. The van der Waals surface area contributed by atoms with E-state index in [1.165, 1.54) is 18.2 Å². The third-order valence-corrected chi connectivity index (χ3v) is 6.80. The number of phenols is 1. The maximum Gasteiger partial charge on any atom is 0.380 e. The summed E-state index contributed by atoms with van der Waals surface area (Å²) in [5, 5.41) is 18.2. The van der Waals surface area contributed by atoms with Crippen LogP contribution in [0.5, 0.6) is 11.5 Å². The summed E-state index contributed by atoms with van der Waals surface area (Å²) in [6.45, 7) is 6.95. The molecule has 0 spiro atoms. The Kier molecular flexibility index (Phi) is 8.38. The first-order chi connectivity index (χ1) is 17.6. The Morgan fingerprint density at radius 1 is 1.16 bits per heavy atom. The van der Waals surface area contributed by atoms with Gasteiger partial charge in [0.2, 0.25) is 0 Å². The first-order valence-corrected chi connectivity index (χ1v) is 13.7. The molecule has 9 nitrogen and oxygen atoms in total. The first-order valence-electron chi connectivity index (χ1n) is 12.2. The third kappa shape index (κ3) is 7.45. The Morgan fingerprint density at radius 3 is 2.73 bits per heavy atom. The van der Waals surface area contributed by atoms with Crippen molar-refractivity contribution in [3.63, 3.8) is 0 Å². The standard InChI is InChI=1S/C26H32FN5O4S/c1-17-15-32(18(2)14-30-17)16-20-6-8-22(27)21(12-20)23-10-11-29-26(31-23)5-3-4-19-7-9-24(33)25(13-19)36-37(28,34)35/h6-13,17-18,30,33H,3-5,14-16H2,1-2H3,(H2,28,34,35)/t17-,18-/m0/s1. The number of halogens is 1. The number of nitrogens with two attached hydrogens (primary N) is 1. The van der Waals surface area contributed by atoms with Gasteiger partial charge in [-0.3, -0.25) is 4.90 Å². The molecule has 1 aromatic heterocycles. The van der Waals surface area contributed by atoms with Gasteiger partial charge in [-0.15, -0.1) is 0 Å². The lowest BCUT2D eigenvalue weighted by Gasteiger charge is -2.37. The lowest BCUT2D eigenvalue weighted by atomic mass is 10.0. The van der Waals surface area contributed by atoms with Crippen LogP contribution in [0.1, 0.15) is 37.2 Å². The van der Waals surface area contributed by atoms with Crippen LogP contribution in [0.4, 0.5) is 4.39 Å². The number of piperazine rings is 1. The van der Waals surface area contributed by atoms with Gasteiger partial charge in [0.25, 0.3) is 0 Å². The van der Waals surface area contributed by atoms with Gasteiger partial charge in [-0.1, -0.05) is 12.1 Å². The smallest absolute Gasteiger partial charge is 0.380 e. The van der Waals surface area contributed by atoms with Crippen LogP contribution < -0.4 is 14.6 Å². The molecule has 0 radical (unpaired) electrons. The van der Waals surface area contributed by atoms with Gasteiger partial charge in [0, 0.05) is 49.9 Å². The molecule has 1 fully saturated rings. The van der Waals surface area contributed by atoms with Crippen LogP contribution in [0, 0.1) is 5.82 Å². The van der Waals surface area contributed by atoms with Crippen molar-refractivity contribution >= 4 is 10.3 Å². The summed E-state index contributed by atoms with van der Waals surface area (Å²) in [6, 6.07) is 12.1. The van der Waals surface area contributed by atoms with Gasteiger partial charge in [0.05, 0.1) is 5.69 Å². The summed E-state index contributed by atoms with van der Waals surface area (Å²) in [5.74, 6) is -0.300. The lowest BCUT2D eigenvalue weighted by Crippen LogP contribution is -2.53. The van der Waals surface area contributed by atoms with E-state index < -0.39 is 10.3 Å². The molecule has 1 aliphatic rings.